The van der Waals surface area contributed by atoms with Crippen LogP contribution in [0.2, 0.25) is 0 Å². The summed E-state index contributed by atoms with van der Waals surface area (Å²) >= 11 is 1.93. The fourth-order valence-corrected chi connectivity index (χ4v) is 12.3. The Balaban J connectivity index is 0.933. The maximum Gasteiger partial charge on any atom is 0.143 e. The van der Waals surface area contributed by atoms with Gasteiger partial charge < -0.3 is 18.3 Å². The van der Waals surface area contributed by atoms with Crippen molar-refractivity contribution in [2.45, 2.75) is 24.8 Å². The normalized spacial score (nSPS) is 15.5. The van der Waals surface area contributed by atoms with Crippen LogP contribution in [0.25, 0.3) is 103 Å². The number of benzene rings is 9. The van der Waals surface area contributed by atoms with Gasteiger partial charge in [-0.05, 0) is 73.0 Å². The van der Waals surface area contributed by atoms with Gasteiger partial charge in [-0.15, -0.1) is 11.3 Å². The number of para-hydroxylation sites is 6. The van der Waals surface area contributed by atoms with Gasteiger partial charge in [0.25, 0.3) is 0 Å². The molecule has 0 fully saturated rings. The van der Waals surface area contributed by atoms with Crippen LogP contribution in [0.1, 0.15) is 24.3 Å². The predicted octanol–water partition coefficient (Wildman–Crippen LogP) is 17.3. The number of anilines is 2. The lowest BCUT2D eigenvalue weighted by molar-refractivity contribution is 0.580. The number of hydrogen-bond acceptors (Lipinski definition) is 4. The van der Waals surface area contributed by atoms with Gasteiger partial charge in [0, 0.05) is 76.2 Å². The molecule has 0 radical (unpaired) electrons. The lowest BCUT2D eigenvalue weighted by Crippen LogP contribution is -2.31. The molecular formula is C60H40N2O2S. The second kappa shape index (κ2) is 14.3. The zero-order valence-electron chi connectivity index (χ0n) is 35.3. The van der Waals surface area contributed by atoms with E-state index in [1.54, 1.807) is 0 Å². The third kappa shape index (κ3) is 5.55. The van der Waals surface area contributed by atoms with Gasteiger partial charge in [-0.1, -0.05) is 152 Å². The van der Waals surface area contributed by atoms with Crippen molar-refractivity contribution in [3.8, 4) is 16.8 Å². The van der Waals surface area contributed by atoms with Gasteiger partial charge in [0.1, 0.15) is 22.3 Å². The standard InChI is InChI=1S/C60H40N2O2S/c1-2-13-39(14-3-1)62-51-23-7-4-17-50(51)56-52(62)36-35-49-48-22-12-24-53(59(48)65-60(49)56)61(40-31-27-37(28-32-40)42-18-10-20-46-44-15-5-8-25-54(44)63-57(42)46)41-33-29-38(30-34-41)43-19-11-21-47-45-16-6-9-26-55(45)64-58(43)47/h1-29,31-33,35-36,38,41H,30,34H2. The van der Waals surface area contributed by atoms with Crippen LogP contribution in [-0.4, -0.2) is 10.6 Å². The second-order valence-electron chi connectivity index (χ2n) is 17.4. The Bertz CT molecular complexity index is 4040. The summed E-state index contributed by atoms with van der Waals surface area (Å²) in [7, 11) is 0. The first kappa shape index (κ1) is 36.6. The van der Waals surface area contributed by atoms with Gasteiger partial charge in [0.05, 0.1) is 27.5 Å². The Kier molecular flexibility index (Phi) is 8.07. The molecule has 0 saturated carbocycles. The molecule has 13 aromatic rings. The molecule has 2 atom stereocenters. The first-order valence-corrected chi connectivity index (χ1v) is 23.4. The molecule has 0 spiro atoms. The van der Waals surface area contributed by atoms with Crippen LogP contribution in [0.15, 0.2) is 215 Å². The van der Waals surface area contributed by atoms with Crippen molar-refractivity contribution < 1.29 is 8.83 Å². The third-order valence-electron chi connectivity index (χ3n) is 13.9. The fourth-order valence-electron chi connectivity index (χ4n) is 11.0. The SMILES string of the molecule is C1=CC(N(c2ccc(-c3cccc4c3oc3ccccc34)cc2)c2cccc3c2sc2c3ccc3c2c2ccccc2n3-c2ccccc2)CCC1c1cccc2c1oc1ccccc12. The van der Waals surface area contributed by atoms with Crippen molar-refractivity contribution in [3.05, 3.63) is 212 Å². The molecule has 4 nitrogen and oxygen atoms in total. The lowest BCUT2D eigenvalue weighted by Gasteiger charge is -2.35. The molecule has 0 bridgehead atoms. The van der Waals surface area contributed by atoms with E-state index in [2.05, 4.69) is 210 Å². The quantitative estimate of drug-likeness (QED) is 0.156. The molecule has 0 saturated heterocycles. The number of thiophene rings is 1. The summed E-state index contributed by atoms with van der Waals surface area (Å²) in [5.74, 6) is 0.249. The highest BCUT2D eigenvalue weighted by atomic mass is 32.1. The van der Waals surface area contributed by atoms with E-state index < -0.39 is 0 Å². The molecule has 5 heteroatoms. The predicted molar refractivity (Wildman–Crippen MR) is 274 cm³/mol. The van der Waals surface area contributed by atoms with Crippen LogP contribution >= 0.6 is 11.3 Å². The molecule has 14 rings (SSSR count). The molecule has 4 aromatic heterocycles. The van der Waals surface area contributed by atoms with E-state index in [1.807, 2.05) is 17.4 Å². The second-order valence-corrected chi connectivity index (χ2v) is 18.5. The minimum absolute atomic E-state index is 0.126. The summed E-state index contributed by atoms with van der Waals surface area (Å²) in [5.41, 5.74) is 13.3. The van der Waals surface area contributed by atoms with Crippen LogP contribution in [0.3, 0.4) is 0 Å². The first-order chi connectivity index (χ1) is 32.2. The third-order valence-corrected chi connectivity index (χ3v) is 15.2. The molecule has 9 aromatic carbocycles. The monoisotopic (exact) mass is 852 g/mol. The molecule has 0 amide bonds. The minimum atomic E-state index is 0.126. The Morgan fingerprint density at radius 3 is 1.89 bits per heavy atom. The number of fused-ring (bicyclic) bond motifs is 13. The minimum Gasteiger partial charge on any atom is -0.456 e. The first-order valence-electron chi connectivity index (χ1n) is 22.6. The van der Waals surface area contributed by atoms with Crippen molar-refractivity contribution in [1.82, 2.24) is 4.57 Å². The number of furan rings is 2. The molecule has 0 N–H and O–H groups in total. The van der Waals surface area contributed by atoms with E-state index in [4.69, 9.17) is 8.83 Å². The van der Waals surface area contributed by atoms with Gasteiger partial charge in [0.15, 0.2) is 0 Å². The number of allylic oxidation sites excluding steroid dienone is 1. The Morgan fingerprint density at radius 1 is 0.462 bits per heavy atom. The van der Waals surface area contributed by atoms with Crippen LogP contribution in [0.4, 0.5) is 11.4 Å². The zero-order valence-corrected chi connectivity index (χ0v) is 36.1. The van der Waals surface area contributed by atoms with Crippen molar-refractivity contribution in [2.24, 2.45) is 0 Å². The summed E-state index contributed by atoms with van der Waals surface area (Å²) in [5, 5.41) is 9.81. The Hall–Kier alpha value is -7.86. The van der Waals surface area contributed by atoms with Crippen molar-refractivity contribution in [2.75, 3.05) is 4.90 Å². The van der Waals surface area contributed by atoms with Gasteiger partial charge in [-0.25, -0.2) is 0 Å². The molecule has 4 heterocycles. The van der Waals surface area contributed by atoms with Crippen LogP contribution in [0, 0.1) is 0 Å². The van der Waals surface area contributed by atoms with Crippen molar-refractivity contribution >= 4 is 109 Å². The van der Waals surface area contributed by atoms with E-state index in [0.717, 1.165) is 62.8 Å². The molecule has 2 unspecified atom stereocenters. The summed E-state index contributed by atoms with van der Waals surface area (Å²) in [6.07, 6.45) is 6.87. The van der Waals surface area contributed by atoms with Gasteiger partial charge >= 0.3 is 0 Å². The van der Waals surface area contributed by atoms with Gasteiger partial charge in [-0.3, -0.25) is 0 Å². The Labute approximate surface area is 378 Å². The van der Waals surface area contributed by atoms with E-state index in [1.165, 1.54) is 69.7 Å². The van der Waals surface area contributed by atoms with Gasteiger partial charge in [0.2, 0.25) is 0 Å². The van der Waals surface area contributed by atoms with E-state index >= 15 is 0 Å². The average Bonchev–Trinajstić information content (AvgIpc) is 4.14. The van der Waals surface area contributed by atoms with Gasteiger partial charge in [-0.2, -0.15) is 0 Å². The largest absolute Gasteiger partial charge is 0.456 e. The molecule has 308 valence electrons. The summed E-state index contributed by atoms with van der Waals surface area (Å²) < 4.78 is 18.1. The highest BCUT2D eigenvalue weighted by Crippen LogP contribution is 2.49. The summed E-state index contributed by atoms with van der Waals surface area (Å²) in [4.78, 5) is 2.60. The number of hydrogen-bond donors (Lipinski definition) is 0. The smallest absolute Gasteiger partial charge is 0.143 e. The summed E-state index contributed by atoms with van der Waals surface area (Å²) in [6.45, 7) is 0. The van der Waals surface area contributed by atoms with Crippen LogP contribution in [-0.2, 0) is 0 Å². The highest BCUT2D eigenvalue weighted by Gasteiger charge is 2.28. The topological polar surface area (TPSA) is 34.5 Å². The molecular weight excluding hydrogens is 813 g/mol. The van der Waals surface area contributed by atoms with E-state index in [-0.39, 0.29) is 12.0 Å². The Morgan fingerprint density at radius 2 is 1.11 bits per heavy atom. The lowest BCUT2D eigenvalue weighted by atomic mass is 9.85. The molecule has 65 heavy (non-hydrogen) atoms. The van der Waals surface area contributed by atoms with Crippen LogP contribution in [0.5, 0.6) is 0 Å². The van der Waals surface area contributed by atoms with Crippen molar-refractivity contribution in [1.29, 1.82) is 0 Å². The number of aromatic nitrogens is 1. The molecule has 1 aliphatic rings. The highest BCUT2D eigenvalue weighted by molar-refractivity contribution is 7.27. The number of rotatable bonds is 6. The van der Waals surface area contributed by atoms with Crippen molar-refractivity contribution in [3.63, 3.8) is 0 Å². The average molecular weight is 853 g/mol. The summed E-state index contributed by atoms with van der Waals surface area (Å²) in [6, 6.07) is 70.3. The molecule has 1 aliphatic carbocycles. The van der Waals surface area contributed by atoms with E-state index in [0.29, 0.717) is 0 Å². The maximum absolute atomic E-state index is 6.55. The van der Waals surface area contributed by atoms with E-state index in [9.17, 15) is 0 Å². The molecule has 0 aliphatic heterocycles. The number of nitrogens with zero attached hydrogens (tertiary/aromatic N) is 2. The fraction of sp³-hybridized carbons (Fsp3) is 0.0667. The maximum atomic E-state index is 6.55. The zero-order chi connectivity index (χ0) is 42.6. The van der Waals surface area contributed by atoms with Crippen LogP contribution < -0.4 is 4.90 Å².